The third-order valence-corrected chi connectivity index (χ3v) is 3.12. The van der Waals surface area contributed by atoms with Crippen LogP contribution in [0.5, 0.6) is 0 Å². The molecule has 16 heavy (non-hydrogen) atoms. The van der Waals surface area contributed by atoms with Crippen molar-refractivity contribution >= 4 is 0 Å². The molecule has 2 nitrogen and oxygen atoms in total. The van der Waals surface area contributed by atoms with Gasteiger partial charge in [0.2, 0.25) is 0 Å². The highest BCUT2D eigenvalue weighted by atomic mass is 15.3. The van der Waals surface area contributed by atoms with E-state index in [9.17, 15) is 0 Å². The van der Waals surface area contributed by atoms with E-state index in [4.69, 9.17) is 0 Å². The zero-order valence-electron chi connectivity index (χ0n) is 11.3. The highest BCUT2D eigenvalue weighted by Crippen LogP contribution is 2.17. The Labute approximate surface area is 101 Å². The highest BCUT2D eigenvalue weighted by Gasteiger charge is 2.28. The van der Waals surface area contributed by atoms with Crippen LogP contribution in [0.1, 0.15) is 27.7 Å². The molecule has 1 rings (SSSR count). The Balaban J connectivity index is 2.56. The average Bonchev–Trinajstić information content (AvgIpc) is 2.10. The van der Waals surface area contributed by atoms with Gasteiger partial charge in [0.25, 0.3) is 0 Å². The second kappa shape index (κ2) is 5.65. The number of hydrogen-bond donors (Lipinski definition) is 0. The quantitative estimate of drug-likeness (QED) is 0.674. The van der Waals surface area contributed by atoms with Crippen molar-refractivity contribution in [2.75, 3.05) is 26.2 Å². The molecule has 2 heteroatoms. The van der Waals surface area contributed by atoms with E-state index in [2.05, 4.69) is 50.7 Å². The van der Waals surface area contributed by atoms with Gasteiger partial charge >= 0.3 is 0 Å². The Kier molecular flexibility index (Phi) is 4.75. The molecule has 0 radical (unpaired) electrons. The summed E-state index contributed by atoms with van der Waals surface area (Å²) in [5.74, 6) is 0. The van der Waals surface area contributed by atoms with E-state index in [0.29, 0.717) is 12.1 Å². The van der Waals surface area contributed by atoms with E-state index in [1.807, 2.05) is 0 Å². The van der Waals surface area contributed by atoms with Crippen molar-refractivity contribution in [1.82, 2.24) is 9.80 Å². The van der Waals surface area contributed by atoms with Crippen LogP contribution in [0.4, 0.5) is 0 Å². The number of hydrogen-bond acceptors (Lipinski definition) is 2. The molecule has 1 heterocycles. The van der Waals surface area contributed by atoms with Crippen LogP contribution in [0.3, 0.4) is 0 Å². The fourth-order valence-corrected chi connectivity index (χ4v) is 2.60. The Morgan fingerprint density at radius 1 is 1.00 bits per heavy atom. The summed E-state index contributed by atoms with van der Waals surface area (Å²) in [6.07, 6.45) is 0. The smallest absolute Gasteiger partial charge is 0.0201 e. The minimum absolute atomic E-state index is 0.611. The summed E-state index contributed by atoms with van der Waals surface area (Å²) < 4.78 is 0. The van der Waals surface area contributed by atoms with Gasteiger partial charge in [0, 0.05) is 38.3 Å². The molecule has 0 aliphatic carbocycles. The first kappa shape index (κ1) is 13.5. The van der Waals surface area contributed by atoms with E-state index in [0.717, 1.165) is 26.2 Å². The third-order valence-electron chi connectivity index (χ3n) is 3.12. The SMILES string of the molecule is C=C(C)CN1C[C@@H](C)N(CC(=C)C)[C@H](C)C1. The van der Waals surface area contributed by atoms with Crippen molar-refractivity contribution in [3.8, 4) is 0 Å². The summed E-state index contributed by atoms with van der Waals surface area (Å²) >= 11 is 0. The Morgan fingerprint density at radius 3 is 1.81 bits per heavy atom. The van der Waals surface area contributed by atoms with E-state index < -0.39 is 0 Å². The van der Waals surface area contributed by atoms with Crippen molar-refractivity contribution in [3.63, 3.8) is 0 Å². The molecule has 1 aliphatic heterocycles. The van der Waals surface area contributed by atoms with Crippen LogP contribution in [0.15, 0.2) is 24.3 Å². The molecule has 0 aromatic rings. The van der Waals surface area contributed by atoms with Crippen molar-refractivity contribution in [2.24, 2.45) is 0 Å². The molecule has 0 N–H and O–H groups in total. The van der Waals surface area contributed by atoms with Crippen LogP contribution in [-0.4, -0.2) is 48.1 Å². The van der Waals surface area contributed by atoms with Gasteiger partial charge in [-0.25, -0.2) is 0 Å². The van der Waals surface area contributed by atoms with Gasteiger partial charge in [0.1, 0.15) is 0 Å². The lowest BCUT2D eigenvalue weighted by Crippen LogP contribution is -2.57. The molecular weight excluding hydrogens is 196 g/mol. The molecule has 0 spiro atoms. The number of piperazine rings is 1. The number of rotatable bonds is 4. The van der Waals surface area contributed by atoms with E-state index >= 15 is 0 Å². The van der Waals surface area contributed by atoms with Gasteiger partial charge in [-0.3, -0.25) is 9.80 Å². The van der Waals surface area contributed by atoms with Gasteiger partial charge in [-0.05, 0) is 27.7 Å². The summed E-state index contributed by atoms with van der Waals surface area (Å²) in [5, 5.41) is 0. The van der Waals surface area contributed by atoms with E-state index in [-0.39, 0.29) is 0 Å². The fourth-order valence-electron chi connectivity index (χ4n) is 2.60. The zero-order chi connectivity index (χ0) is 12.3. The molecule has 0 aromatic carbocycles. The molecule has 0 unspecified atom stereocenters. The minimum atomic E-state index is 0.611. The van der Waals surface area contributed by atoms with Crippen molar-refractivity contribution in [1.29, 1.82) is 0 Å². The topological polar surface area (TPSA) is 6.48 Å². The van der Waals surface area contributed by atoms with Crippen molar-refractivity contribution in [2.45, 2.75) is 39.8 Å². The minimum Gasteiger partial charge on any atom is -0.296 e. The van der Waals surface area contributed by atoms with Crippen LogP contribution >= 0.6 is 0 Å². The summed E-state index contributed by atoms with van der Waals surface area (Å²) in [6.45, 7) is 21.2. The normalized spacial score (nSPS) is 28.0. The van der Waals surface area contributed by atoms with Crippen LogP contribution < -0.4 is 0 Å². The zero-order valence-corrected chi connectivity index (χ0v) is 11.3. The molecule has 1 aliphatic rings. The third kappa shape index (κ3) is 3.76. The summed E-state index contributed by atoms with van der Waals surface area (Å²) in [4.78, 5) is 5.06. The highest BCUT2D eigenvalue weighted by molar-refractivity contribution is 4.99. The van der Waals surface area contributed by atoms with Crippen LogP contribution in [-0.2, 0) is 0 Å². The largest absolute Gasteiger partial charge is 0.296 e. The second-order valence-electron chi connectivity index (χ2n) is 5.48. The summed E-state index contributed by atoms with van der Waals surface area (Å²) in [7, 11) is 0. The predicted octanol–water partition coefficient (Wildman–Crippen LogP) is 2.53. The van der Waals surface area contributed by atoms with Crippen LogP contribution in [0.2, 0.25) is 0 Å². The Hall–Kier alpha value is -0.600. The molecule has 1 fully saturated rings. The maximum absolute atomic E-state index is 4.02. The Morgan fingerprint density at radius 2 is 1.44 bits per heavy atom. The molecular formula is C14H26N2. The first-order valence-electron chi connectivity index (χ1n) is 6.17. The maximum Gasteiger partial charge on any atom is 0.0201 e. The lowest BCUT2D eigenvalue weighted by Gasteiger charge is -2.44. The maximum atomic E-state index is 4.02. The van der Waals surface area contributed by atoms with Crippen LogP contribution in [0.25, 0.3) is 0 Å². The fraction of sp³-hybridized carbons (Fsp3) is 0.714. The average molecular weight is 222 g/mol. The van der Waals surface area contributed by atoms with Gasteiger partial charge in [0.15, 0.2) is 0 Å². The van der Waals surface area contributed by atoms with Gasteiger partial charge in [-0.15, -0.1) is 0 Å². The summed E-state index contributed by atoms with van der Waals surface area (Å²) in [5.41, 5.74) is 2.51. The first-order chi connectivity index (χ1) is 7.40. The molecule has 1 saturated heterocycles. The lowest BCUT2D eigenvalue weighted by atomic mass is 10.1. The second-order valence-corrected chi connectivity index (χ2v) is 5.48. The van der Waals surface area contributed by atoms with Gasteiger partial charge in [-0.1, -0.05) is 24.3 Å². The van der Waals surface area contributed by atoms with Crippen molar-refractivity contribution in [3.05, 3.63) is 24.3 Å². The van der Waals surface area contributed by atoms with Crippen molar-refractivity contribution < 1.29 is 0 Å². The van der Waals surface area contributed by atoms with E-state index in [1.165, 1.54) is 11.1 Å². The monoisotopic (exact) mass is 222 g/mol. The first-order valence-corrected chi connectivity index (χ1v) is 6.17. The lowest BCUT2D eigenvalue weighted by molar-refractivity contribution is 0.0515. The molecule has 0 aromatic heterocycles. The van der Waals surface area contributed by atoms with Gasteiger partial charge in [-0.2, -0.15) is 0 Å². The van der Waals surface area contributed by atoms with E-state index in [1.54, 1.807) is 0 Å². The molecule has 92 valence electrons. The molecule has 0 saturated carbocycles. The Bertz CT molecular complexity index is 258. The summed E-state index contributed by atoms with van der Waals surface area (Å²) in [6, 6.07) is 1.22. The van der Waals surface area contributed by atoms with Gasteiger partial charge in [0.05, 0.1) is 0 Å². The molecule has 0 bridgehead atoms. The molecule has 2 atom stereocenters. The molecule has 0 amide bonds. The number of nitrogens with zero attached hydrogens (tertiary/aromatic N) is 2. The van der Waals surface area contributed by atoms with Gasteiger partial charge < -0.3 is 0 Å². The predicted molar refractivity (Wildman–Crippen MR) is 71.7 cm³/mol. The standard InChI is InChI=1S/C14H26N2/c1-11(2)7-15-9-13(5)16(8-12(3)4)14(6)10-15/h13-14H,1,3,7-10H2,2,4-6H3/t13-,14-/m1/s1. The van der Waals surface area contributed by atoms with Crippen LogP contribution in [0, 0.1) is 0 Å².